The van der Waals surface area contributed by atoms with E-state index in [1.807, 2.05) is 0 Å². The molecule has 3 N–H and O–H groups in total. The number of nitrogens with two attached hydrogens (primary N) is 1. The van der Waals surface area contributed by atoms with Crippen LogP contribution in [0.4, 0.5) is 15.8 Å². The van der Waals surface area contributed by atoms with Gasteiger partial charge in [0.05, 0.1) is 18.5 Å². The van der Waals surface area contributed by atoms with Gasteiger partial charge in [0.1, 0.15) is 16.5 Å². The number of sulfonamides is 1. The van der Waals surface area contributed by atoms with Crippen LogP contribution in [0.5, 0.6) is 5.75 Å². The van der Waals surface area contributed by atoms with Crippen molar-refractivity contribution in [1.29, 1.82) is 0 Å². The van der Waals surface area contributed by atoms with Gasteiger partial charge in [-0.05, 0) is 46.3 Å². The van der Waals surface area contributed by atoms with E-state index < -0.39 is 15.8 Å². The van der Waals surface area contributed by atoms with Crippen molar-refractivity contribution in [1.82, 2.24) is 0 Å². The molecule has 0 amide bonds. The number of rotatable bonds is 4. The number of anilines is 2. The summed E-state index contributed by atoms with van der Waals surface area (Å²) in [5.41, 5.74) is 6.17. The van der Waals surface area contributed by atoms with E-state index in [4.69, 9.17) is 10.5 Å². The second kappa shape index (κ2) is 5.90. The normalized spacial score (nSPS) is 11.2. The van der Waals surface area contributed by atoms with Gasteiger partial charge >= 0.3 is 0 Å². The van der Waals surface area contributed by atoms with E-state index in [0.29, 0.717) is 5.75 Å². The summed E-state index contributed by atoms with van der Waals surface area (Å²) < 4.78 is 45.2. The standard InChI is InChI=1S/C13H12BrFN2O3S/c1-20-9-3-4-11(16)12(7-9)17-21(18,19)13-5-2-8(15)6-10(13)14/h2-7,17H,16H2,1H3. The van der Waals surface area contributed by atoms with Crippen molar-refractivity contribution in [3.63, 3.8) is 0 Å². The molecule has 0 saturated carbocycles. The highest BCUT2D eigenvalue weighted by atomic mass is 79.9. The third-order valence-electron chi connectivity index (χ3n) is 2.69. The first-order valence-corrected chi connectivity index (χ1v) is 8.02. The van der Waals surface area contributed by atoms with Crippen molar-refractivity contribution < 1.29 is 17.5 Å². The van der Waals surface area contributed by atoms with Gasteiger partial charge < -0.3 is 10.5 Å². The minimum atomic E-state index is -3.91. The van der Waals surface area contributed by atoms with E-state index in [1.165, 1.54) is 19.2 Å². The van der Waals surface area contributed by atoms with Gasteiger partial charge in [-0.3, -0.25) is 4.72 Å². The molecule has 0 aliphatic carbocycles. The van der Waals surface area contributed by atoms with Crippen LogP contribution in [-0.2, 0) is 10.0 Å². The SMILES string of the molecule is COc1ccc(N)c(NS(=O)(=O)c2ccc(F)cc2Br)c1. The van der Waals surface area contributed by atoms with Gasteiger partial charge in [-0.1, -0.05) is 0 Å². The minimum absolute atomic E-state index is 0.0916. The molecule has 0 saturated heterocycles. The fraction of sp³-hybridized carbons (Fsp3) is 0.0769. The molecule has 0 fully saturated rings. The monoisotopic (exact) mass is 374 g/mol. The fourth-order valence-corrected chi connectivity index (χ4v) is 3.77. The molecule has 5 nitrogen and oxygen atoms in total. The molecule has 0 unspecified atom stereocenters. The third kappa shape index (κ3) is 3.45. The van der Waals surface area contributed by atoms with Crippen molar-refractivity contribution in [3.05, 3.63) is 46.7 Å². The lowest BCUT2D eigenvalue weighted by atomic mass is 10.2. The molecule has 0 heterocycles. The van der Waals surface area contributed by atoms with Crippen LogP contribution in [-0.4, -0.2) is 15.5 Å². The molecule has 0 aliphatic heterocycles. The van der Waals surface area contributed by atoms with Crippen molar-refractivity contribution in [2.75, 3.05) is 17.6 Å². The molecule has 2 rings (SSSR count). The van der Waals surface area contributed by atoms with Gasteiger partial charge in [-0.25, -0.2) is 12.8 Å². The van der Waals surface area contributed by atoms with Crippen LogP contribution in [0.2, 0.25) is 0 Å². The van der Waals surface area contributed by atoms with Crippen LogP contribution in [0.15, 0.2) is 45.8 Å². The lowest BCUT2D eigenvalue weighted by molar-refractivity contribution is 0.415. The van der Waals surface area contributed by atoms with Gasteiger partial charge in [0.15, 0.2) is 0 Å². The predicted molar refractivity (Wildman–Crippen MR) is 82.3 cm³/mol. The van der Waals surface area contributed by atoms with Gasteiger partial charge in [0, 0.05) is 10.5 Å². The summed E-state index contributed by atoms with van der Waals surface area (Å²) in [6, 6.07) is 7.90. The average Bonchev–Trinajstić information content (AvgIpc) is 2.40. The van der Waals surface area contributed by atoms with Gasteiger partial charge in [0.2, 0.25) is 0 Å². The number of nitrogen functional groups attached to an aromatic ring is 1. The largest absolute Gasteiger partial charge is 0.497 e. The smallest absolute Gasteiger partial charge is 0.263 e. The number of nitrogens with one attached hydrogen (secondary N) is 1. The molecule has 0 spiro atoms. The van der Waals surface area contributed by atoms with Gasteiger partial charge in [-0.2, -0.15) is 0 Å². The number of methoxy groups -OCH3 is 1. The third-order valence-corrected chi connectivity index (χ3v) is 5.03. The number of hydrogen-bond acceptors (Lipinski definition) is 4. The summed E-state index contributed by atoms with van der Waals surface area (Å²) in [5, 5.41) is 0. The minimum Gasteiger partial charge on any atom is -0.497 e. The maximum Gasteiger partial charge on any atom is 0.263 e. The van der Waals surface area contributed by atoms with E-state index >= 15 is 0 Å². The Balaban J connectivity index is 2.42. The predicted octanol–water partition coefficient (Wildman–Crippen LogP) is 2.98. The Labute approximate surface area is 130 Å². The van der Waals surface area contributed by atoms with E-state index in [0.717, 1.165) is 18.2 Å². The molecule has 0 radical (unpaired) electrons. The molecule has 0 bridgehead atoms. The first-order chi connectivity index (χ1) is 9.83. The van der Waals surface area contributed by atoms with E-state index in [2.05, 4.69) is 20.7 Å². The molecule has 0 aromatic heterocycles. The van der Waals surface area contributed by atoms with Crippen LogP contribution in [0.1, 0.15) is 0 Å². The summed E-state index contributed by atoms with van der Waals surface area (Å²) in [5.74, 6) is -0.0817. The first-order valence-electron chi connectivity index (χ1n) is 5.75. The zero-order valence-corrected chi connectivity index (χ0v) is 13.3. The Morgan fingerprint density at radius 3 is 2.57 bits per heavy atom. The average molecular weight is 375 g/mol. The van der Waals surface area contributed by atoms with E-state index in [9.17, 15) is 12.8 Å². The molecule has 112 valence electrons. The summed E-state index contributed by atoms with van der Waals surface area (Å²) >= 11 is 3.03. The Bertz CT molecular complexity index is 781. The summed E-state index contributed by atoms with van der Waals surface area (Å²) in [6.45, 7) is 0. The summed E-state index contributed by atoms with van der Waals surface area (Å²) in [4.78, 5) is -0.0916. The molecule has 2 aromatic rings. The van der Waals surface area contributed by atoms with Gasteiger partial charge in [-0.15, -0.1) is 0 Å². The highest BCUT2D eigenvalue weighted by Crippen LogP contribution is 2.29. The van der Waals surface area contributed by atoms with Crippen molar-refractivity contribution >= 4 is 37.3 Å². The van der Waals surface area contributed by atoms with Gasteiger partial charge in [0.25, 0.3) is 10.0 Å². The van der Waals surface area contributed by atoms with Crippen LogP contribution in [0.3, 0.4) is 0 Å². The summed E-state index contributed by atoms with van der Waals surface area (Å²) in [6.07, 6.45) is 0. The fourth-order valence-electron chi connectivity index (χ4n) is 1.64. The van der Waals surface area contributed by atoms with E-state index in [-0.39, 0.29) is 20.7 Å². The van der Waals surface area contributed by atoms with Crippen molar-refractivity contribution in [2.24, 2.45) is 0 Å². The Morgan fingerprint density at radius 1 is 1.24 bits per heavy atom. The molecular formula is C13H12BrFN2O3S. The zero-order valence-electron chi connectivity index (χ0n) is 10.9. The zero-order chi connectivity index (χ0) is 15.6. The number of benzene rings is 2. The van der Waals surface area contributed by atoms with Crippen LogP contribution in [0, 0.1) is 5.82 Å². The molecular weight excluding hydrogens is 363 g/mol. The molecule has 0 aliphatic rings. The lowest BCUT2D eigenvalue weighted by Gasteiger charge is -2.12. The van der Waals surface area contributed by atoms with Crippen molar-refractivity contribution in [3.8, 4) is 5.75 Å². The van der Waals surface area contributed by atoms with Crippen LogP contribution >= 0.6 is 15.9 Å². The number of hydrogen-bond donors (Lipinski definition) is 2. The van der Waals surface area contributed by atoms with Crippen LogP contribution in [0.25, 0.3) is 0 Å². The highest BCUT2D eigenvalue weighted by Gasteiger charge is 2.19. The van der Waals surface area contributed by atoms with Crippen LogP contribution < -0.4 is 15.2 Å². The number of ether oxygens (including phenoxy) is 1. The molecule has 0 atom stereocenters. The molecule has 2 aromatic carbocycles. The number of halogens is 2. The topological polar surface area (TPSA) is 81.4 Å². The van der Waals surface area contributed by atoms with E-state index in [1.54, 1.807) is 6.07 Å². The Kier molecular flexibility index (Phi) is 4.38. The maximum atomic E-state index is 13.0. The highest BCUT2D eigenvalue weighted by molar-refractivity contribution is 9.10. The second-order valence-corrected chi connectivity index (χ2v) is 6.64. The lowest BCUT2D eigenvalue weighted by Crippen LogP contribution is -2.15. The Hall–Kier alpha value is -1.80. The quantitative estimate of drug-likeness (QED) is 0.806. The molecule has 8 heteroatoms. The molecule has 21 heavy (non-hydrogen) atoms. The first kappa shape index (κ1) is 15.6. The Morgan fingerprint density at radius 2 is 1.95 bits per heavy atom. The second-order valence-electron chi connectivity index (χ2n) is 4.13. The van der Waals surface area contributed by atoms with Crippen molar-refractivity contribution in [2.45, 2.75) is 4.90 Å². The maximum absolute atomic E-state index is 13.0. The summed E-state index contributed by atoms with van der Waals surface area (Å²) in [7, 11) is -2.45.